The van der Waals surface area contributed by atoms with Crippen molar-refractivity contribution < 1.29 is 14.1 Å². The van der Waals surface area contributed by atoms with Gasteiger partial charge in [0, 0.05) is 11.8 Å². The SMILES string of the molecule is CCOC(=O)c1ccc2c(c1)-n1ccc[n+]1[B-](c1ccccc1)(c1ccccc1)N2. The Bertz CT molecular complexity index is 1170. The van der Waals surface area contributed by atoms with Crippen molar-refractivity contribution in [1.29, 1.82) is 0 Å². The van der Waals surface area contributed by atoms with Crippen LogP contribution in [0.25, 0.3) is 5.69 Å². The van der Waals surface area contributed by atoms with Crippen molar-refractivity contribution in [2.24, 2.45) is 0 Å². The molecular weight excluding hydrogens is 373 g/mol. The van der Waals surface area contributed by atoms with E-state index in [9.17, 15) is 4.79 Å². The summed E-state index contributed by atoms with van der Waals surface area (Å²) in [6.07, 6.45) is 2.58. The van der Waals surface area contributed by atoms with Crippen molar-refractivity contribution in [3.05, 3.63) is 103 Å². The fourth-order valence-corrected chi connectivity index (χ4v) is 4.48. The summed E-state index contributed by atoms with van der Waals surface area (Å²) in [6, 6.07) is 28.6. The number of hydrogen-bond acceptors (Lipinski definition) is 3. The number of carbonyl (C=O) groups is 1. The highest BCUT2D eigenvalue weighted by molar-refractivity contribution is 6.98. The molecule has 0 spiro atoms. The van der Waals surface area contributed by atoms with E-state index in [1.165, 1.54) is 10.9 Å². The number of esters is 1. The number of nitrogens with zero attached hydrogens (tertiary/aromatic N) is 2. The van der Waals surface area contributed by atoms with Crippen LogP contribution in [-0.2, 0) is 4.74 Å². The van der Waals surface area contributed by atoms with Crippen LogP contribution in [0.2, 0.25) is 0 Å². The first-order valence-corrected chi connectivity index (χ1v) is 10.2. The highest BCUT2D eigenvalue weighted by atomic mass is 16.5. The molecule has 0 atom stereocenters. The topological polar surface area (TPSA) is 47.1 Å². The van der Waals surface area contributed by atoms with Crippen molar-refractivity contribution in [3.63, 3.8) is 0 Å². The Morgan fingerprint density at radius 2 is 1.63 bits per heavy atom. The third kappa shape index (κ3) is 2.72. The normalized spacial score (nSPS) is 13.6. The van der Waals surface area contributed by atoms with Gasteiger partial charge in [0.05, 0.1) is 18.4 Å². The van der Waals surface area contributed by atoms with Crippen LogP contribution in [0.4, 0.5) is 5.69 Å². The molecule has 3 aromatic carbocycles. The number of anilines is 1. The zero-order valence-corrected chi connectivity index (χ0v) is 16.7. The molecule has 2 heterocycles. The van der Waals surface area contributed by atoms with Crippen LogP contribution >= 0.6 is 0 Å². The molecule has 6 heteroatoms. The van der Waals surface area contributed by atoms with Gasteiger partial charge in [0.15, 0.2) is 0 Å². The molecule has 0 unspecified atom stereocenters. The van der Waals surface area contributed by atoms with Crippen LogP contribution in [0.1, 0.15) is 17.3 Å². The van der Waals surface area contributed by atoms with E-state index in [1.54, 1.807) is 0 Å². The van der Waals surface area contributed by atoms with Crippen LogP contribution in [0, 0.1) is 0 Å². The molecule has 5 rings (SSSR count). The van der Waals surface area contributed by atoms with Crippen molar-refractivity contribution in [1.82, 2.24) is 4.68 Å². The van der Waals surface area contributed by atoms with Gasteiger partial charge in [-0.05, 0) is 25.1 Å². The molecule has 0 amide bonds. The number of nitrogens with one attached hydrogen (secondary N) is 1. The Morgan fingerprint density at radius 1 is 0.967 bits per heavy atom. The van der Waals surface area contributed by atoms with E-state index in [2.05, 4.69) is 69.2 Å². The van der Waals surface area contributed by atoms with E-state index in [0.717, 1.165) is 11.4 Å². The standard InChI is InChI=1S/C24H22BN3O2/c1-2-30-24(29)19-14-15-22-23(18-19)27-16-9-17-28(27)25(26-22,20-10-5-3-6-11-20)21-12-7-4-8-13-21/h3-18,26H,2H2,1H3. The molecule has 0 aliphatic carbocycles. The highest BCUT2D eigenvalue weighted by Gasteiger charge is 2.47. The Morgan fingerprint density at radius 3 is 2.27 bits per heavy atom. The minimum absolute atomic E-state index is 0.313. The van der Waals surface area contributed by atoms with Gasteiger partial charge < -0.3 is 9.96 Å². The zero-order valence-electron chi connectivity index (χ0n) is 16.7. The lowest BCUT2D eigenvalue weighted by Crippen LogP contribution is -2.86. The highest BCUT2D eigenvalue weighted by Crippen LogP contribution is 2.27. The lowest BCUT2D eigenvalue weighted by Gasteiger charge is -2.41. The lowest BCUT2D eigenvalue weighted by molar-refractivity contribution is -0.625. The van der Waals surface area contributed by atoms with Gasteiger partial charge in [0.2, 0.25) is 0 Å². The fourth-order valence-electron chi connectivity index (χ4n) is 4.48. The monoisotopic (exact) mass is 395 g/mol. The maximum absolute atomic E-state index is 12.3. The molecule has 0 bridgehead atoms. The zero-order chi connectivity index (χ0) is 20.6. The molecule has 1 aromatic heterocycles. The number of benzene rings is 3. The summed E-state index contributed by atoms with van der Waals surface area (Å²) in [4.78, 5) is 12.3. The molecule has 1 aliphatic heterocycles. The molecule has 0 saturated heterocycles. The second-order valence-corrected chi connectivity index (χ2v) is 7.45. The number of carbonyl (C=O) groups excluding carboxylic acids is 1. The minimum Gasteiger partial charge on any atom is -0.487 e. The first-order valence-electron chi connectivity index (χ1n) is 10.2. The third-order valence-electron chi connectivity index (χ3n) is 5.80. The van der Waals surface area contributed by atoms with Gasteiger partial charge in [-0.25, -0.2) is 4.79 Å². The largest absolute Gasteiger partial charge is 0.487 e. The quantitative estimate of drug-likeness (QED) is 0.427. The summed E-state index contributed by atoms with van der Waals surface area (Å²) < 4.78 is 9.53. The molecular formula is C24H22BN3O2. The molecule has 1 aliphatic rings. The van der Waals surface area contributed by atoms with E-state index in [0.29, 0.717) is 12.2 Å². The predicted octanol–water partition coefficient (Wildman–Crippen LogP) is 2.47. The van der Waals surface area contributed by atoms with Crippen LogP contribution in [0.15, 0.2) is 97.3 Å². The lowest BCUT2D eigenvalue weighted by atomic mass is 9.37. The molecule has 0 radical (unpaired) electrons. The van der Waals surface area contributed by atoms with Crippen LogP contribution in [-0.4, -0.2) is 23.7 Å². The van der Waals surface area contributed by atoms with E-state index >= 15 is 0 Å². The molecule has 4 aromatic rings. The number of hydrogen-bond donors (Lipinski definition) is 1. The van der Waals surface area contributed by atoms with Gasteiger partial charge in [-0.2, -0.15) is 4.68 Å². The Hall–Kier alpha value is -3.80. The van der Waals surface area contributed by atoms with Crippen LogP contribution < -0.4 is 20.7 Å². The minimum atomic E-state index is -1.52. The maximum Gasteiger partial charge on any atom is 0.450 e. The van der Waals surface area contributed by atoms with Crippen LogP contribution in [0.5, 0.6) is 0 Å². The smallest absolute Gasteiger partial charge is 0.450 e. The molecule has 1 N–H and O–H groups in total. The second-order valence-electron chi connectivity index (χ2n) is 7.45. The average molecular weight is 395 g/mol. The van der Waals surface area contributed by atoms with Gasteiger partial charge in [-0.15, -0.1) is 10.9 Å². The predicted molar refractivity (Wildman–Crippen MR) is 119 cm³/mol. The summed E-state index contributed by atoms with van der Waals surface area (Å²) in [5.74, 6) is -0.313. The van der Waals surface area contributed by atoms with Gasteiger partial charge >= 0.3 is 12.4 Å². The average Bonchev–Trinajstić information content (AvgIpc) is 3.30. The summed E-state index contributed by atoms with van der Waals surface area (Å²) in [6.45, 7) is 2.17. The maximum atomic E-state index is 12.3. The summed E-state index contributed by atoms with van der Waals surface area (Å²) in [5.41, 5.74) is 4.77. The van der Waals surface area contributed by atoms with E-state index < -0.39 is 6.42 Å². The second kappa shape index (κ2) is 7.23. The van der Waals surface area contributed by atoms with Gasteiger partial charge in [0.1, 0.15) is 11.9 Å². The third-order valence-corrected chi connectivity index (χ3v) is 5.80. The van der Waals surface area contributed by atoms with Crippen molar-refractivity contribution in [2.45, 2.75) is 6.92 Å². The van der Waals surface area contributed by atoms with E-state index in [-0.39, 0.29) is 5.97 Å². The number of aromatic nitrogens is 2. The van der Waals surface area contributed by atoms with Gasteiger partial charge in [0.25, 0.3) is 0 Å². The van der Waals surface area contributed by atoms with E-state index in [1.807, 2.05) is 49.5 Å². The summed E-state index contributed by atoms with van der Waals surface area (Å²) in [7, 11) is 0. The molecule has 30 heavy (non-hydrogen) atoms. The Labute approximate surface area is 175 Å². The summed E-state index contributed by atoms with van der Waals surface area (Å²) in [5, 5.41) is 3.84. The Balaban J connectivity index is 1.75. The number of ether oxygens (including phenoxy) is 1. The van der Waals surface area contributed by atoms with Crippen LogP contribution in [0.3, 0.4) is 0 Å². The number of rotatable bonds is 4. The molecule has 148 valence electrons. The molecule has 0 fully saturated rings. The first kappa shape index (κ1) is 18.2. The van der Waals surface area contributed by atoms with E-state index in [4.69, 9.17) is 4.74 Å². The summed E-state index contributed by atoms with van der Waals surface area (Å²) >= 11 is 0. The van der Waals surface area contributed by atoms with Crippen molar-refractivity contribution >= 4 is 29.0 Å². The Kier molecular flexibility index (Phi) is 4.40. The van der Waals surface area contributed by atoms with Crippen molar-refractivity contribution in [2.75, 3.05) is 11.8 Å². The van der Waals surface area contributed by atoms with Gasteiger partial charge in [-0.1, -0.05) is 60.7 Å². The molecule has 0 saturated carbocycles. The number of fused-ring (bicyclic) bond motifs is 3. The first-order chi connectivity index (χ1) is 14.7. The van der Waals surface area contributed by atoms with Gasteiger partial charge in [-0.3, -0.25) is 4.59 Å². The molecule has 5 nitrogen and oxygen atoms in total. The fraction of sp³-hybridized carbons (Fsp3) is 0.0833. The van der Waals surface area contributed by atoms with Crippen molar-refractivity contribution in [3.8, 4) is 5.69 Å².